The van der Waals surface area contributed by atoms with E-state index in [0.29, 0.717) is 0 Å². The molecule has 1 heterocycles. The second kappa shape index (κ2) is 6.31. The van der Waals surface area contributed by atoms with Crippen LogP contribution in [0.25, 0.3) is 0 Å². The number of rotatable bonds is 6. The number of carbonyl (C=O) groups excluding carboxylic acids is 1. The SMILES string of the molecule is O=C(O)CCC(NC(=O)c1cc(=O)[nH]c(=O)[nH]1)C(=O)O. The zero-order valence-corrected chi connectivity index (χ0v) is 10.0. The molecule has 10 nitrogen and oxygen atoms in total. The van der Waals surface area contributed by atoms with Gasteiger partial charge in [0.15, 0.2) is 0 Å². The number of H-pyrrole nitrogens is 2. The van der Waals surface area contributed by atoms with Gasteiger partial charge in [-0.3, -0.25) is 19.4 Å². The summed E-state index contributed by atoms with van der Waals surface area (Å²) in [6.07, 6.45) is -0.785. The van der Waals surface area contributed by atoms with Crippen LogP contribution in [-0.4, -0.2) is 44.1 Å². The Hall–Kier alpha value is -2.91. The lowest BCUT2D eigenvalue weighted by molar-refractivity contribution is -0.140. The lowest BCUT2D eigenvalue weighted by Crippen LogP contribution is -2.42. The Morgan fingerprint density at radius 2 is 1.85 bits per heavy atom. The number of carbonyl (C=O) groups is 3. The van der Waals surface area contributed by atoms with Gasteiger partial charge in [-0.05, 0) is 6.42 Å². The fraction of sp³-hybridized carbons (Fsp3) is 0.300. The zero-order valence-electron chi connectivity index (χ0n) is 10.0. The summed E-state index contributed by atoms with van der Waals surface area (Å²) in [7, 11) is 0. The number of amides is 1. The van der Waals surface area contributed by atoms with Gasteiger partial charge in [-0.1, -0.05) is 0 Å². The summed E-state index contributed by atoms with van der Waals surface area (Å²) in [5.74, 6) is -3.63. The fourth-order valence-corrected chi connectivity index (χ4v) is 1.35. The van der Waals surface area contributed by atoms with Gasteiger partial charge in [-0.15, -0.1) is 0 Å². The lowest BCUT2D eigenvalue weighted by atomic mass is 10.1. The number of hydrogen-bond acceptors (Lipinski definition) is 5. The van der Waals surface area contributed by atoms with E-state index in [2.05, 4.69) is 0 Å². The highest BCUT2D eigenvalue weighted by Crippen LogP contribution is 1.99. The van der Waals surface area contributed by atoms with Gasteiger partial charge in [0.1, 0.15) is 11.7 Å². The molecule has 0 spiro atoms. The molecule has 0 saturated heterocycles. The molecule has 0 aliphatic rings. The quantitative estimate of drug-likeness (QED) is 0.406. The third-order valence-electron chi connectivity index (χ3n) is 2.26. The van der Waals surface area contributed by atoms with Crippen LogP contribution in [0.5, 0.6) is 0 Å². The van der Waals surface area contributed by atoms with Crippen molar-refractivity contribution in [3.05, 3.63) is 32.6 Å². The molecule has 0 aromatic carbocycles. The number of carboxylic acid groups (broad SMARTS) is 2. The molecule has 1 aromatic heterocycles. The normalized spacial score (nSPS) is 11.6. The van der Waals surface area contributed by atoms with Crippen LogP contribution in [0.1, 0.15) is 23.3 Å². The molecule has 0 fully saturated rings. The molecule has 1 rings (SSSR count). The Kier molecular flexibility index (Phi) is 4.78. The summed E-state index contributed by atoms with van der Waals surface area (Å²) in [4.78, 5) is 58.7. The molecule has 108 valence electrons. The summed E-state index contributed by atoms with van der Waals surface area (Å²) in [6.45, 7) is 0. The van der Waals surface area contributed by atoms with Crippen molar-refractivity contribution in [2.24, 2.45) is 0 Å². The Morgan fingerprint density at radius 1 is 1.20 bits per heavy atom. The first-order valence-corrected chi connectivity index (χ1v) is 5.38. The van der Waals surface area contributed by atoms with E-state index in [-0.39, 0.29) is 6.42 Å². The number of aliphatic carboxylic acids is 2. The summed E-state index contributed by atoms with van der Waals surface area (Å²) in [5, 5.41) is 19.3. The van der Waals surface area contributed by atoms with Gasteiger partial charge in [-0.2, -0.15) is 0 Å². The van der Waals surface area contributed by atoms with E-state index in [9.17, 15) is 24.0 Å². The highest BCUT2D eigenvalue weighted by atomic mass is 16.4. The van der Waals surface area contributed by atoms with Crippen molar-refractivity contribution >= 4 is 17.8 Å². The molecule has 20 heavy (non-hydrogen) atoms. The molecule has 5 N–H and O–H groups in total. The molecular formula is C10H11N3O7. The van der Waals surface area contributed by atoms with Crippen molar-refractivity contribution in [3.8, 4) is 0 Å². The number of nitrogens with one attached hydrogen (secondary N) is 3. The summed E-state index contributed by atoms with van der Waals surface area (Å²) in [5.41, 5.74) is -2.16. The van der Waals surface area contributed by atoms with E-state index in [1.165, 1.54) is 0 Å². The molecule has 1 unspecified atom stereocenters. The minimum absolute atomic E-state index is 0.330. The molecule has 1 amide bonds. The fourth-order valence-electron chi connectivity index (χ4n) is 1.35. The van der Waals surface area contributed by atoms with Crippen LogP contribution in [0.2, 0.25) is 0 Å². The molecular weight excluding hydrogens is 274 g/mol. The topological polar surface area (TPSA) is 169 Å². The average Bonchev–Trinajstić information content (AvgIpc) is 2.32. The largest absolute Gasteiger partial charge is 0.481 e. The van der Waals surface area contributed by atoms with Crippen molar-refractivity contribution in [3.63, 3.8) is 0 Å². The van der Waals surface area contributed by atoms with Gasteiger partial charge in [0.2, 0.25) is 0 Å². The summed E-state index contributed by atoms with van der Waals surface area (Å²) in [6, 6.07) is -0.659. The van der Waals surface area contributed by atoms with Gasteiger partial charge in [0, 0.05) is 12.5 Å². The van der Waals surface area contributed by atoms with Crippen molar-refractivity contribution in [2.45, 2.75) is 18.9 Å². The molecule has 10 heteroatoms. The van der Waals surface area contributed by atoms with Crippen molar-refractivity contribution in [1.29, 1.82) is 0 Å². The third-order valence-corrected chi connectivity index (χ3v) is 2.26. The highest BCUT2D eigenvalue weighted by Gasteiger charge is 2.22. The standard InChI is InChI=1S/C10H11N3O7/c14-6-3-5(12-10(20)13-6)8(17)11-4(9(18)19)1-2-7(15)16/h3-4H,1-2H2,(H,11,17)(H,15,16)(H,18,19)(H2,12,13,14,20). The maximum atomic E-state index is 11.7. The van der Waals surface area contributed by atoms with Crippen LogP contribution in [-0.2, 0) is 9.59 Å². The average molecular weight is 285 g/mol. The summed E-state index contributed by atoms with van der Waals surface area (Å²) < 4.78 is 0. The first-order chi connectivity index (χ1) is 9.29. The second-order valence-corrected chi connectivity index (χ2v) is 3.80. The Labute approximate surface area is 110 Å². The molecule has 0 saturated carbocycles. The first-order valence-electron chi connectivity index (χ1n) is 5.38. The van der Waals surface area contributed by atoms with E-state index in [4.69, 9.17) is 10.2 Å². The van der Waals surface area contributed by atoms with E-state index >= 15 is 0 Å². The maximum absolute atomic E-state index is 11.7. The van der Waals surface area contributed by atoms with E-state index < -0.39 is 47.3 Å². The van der Waals surface area contributed by atoms with Gasteiger partial charge in [0.25, 0.3) is 11.5 Å². The number of carboxylic acids is 2. The van der Waals surface area contributed by atoms with Gasteiger partial charge >= 0.3 is 17.6 Å². The zero-order chi connectivity index (χ0) is 15.3. The van der Waals surface area contributed by atoms with Crippen LogP contribution in [0.4, 0.5) is 0 Å². The molecule has 1 atom stereocenters. The first kappa shape index (κ1) is 15.1. The van der Waals surface area contributed by atoms with Crippen LogP contribution in [0, 0.1) is 0 Å². The lowest BCUT2D eigenvalue weighted by Gasteiger charge is -2.13. The predicted octanol–water partition coefficient (Wildman–Crippen LogP) is -1.89. The van der Waals surface area contributed by atoms with E-state index in [0.717, 1.165) is 6.07 Å². The monoisotopic (exact) mass is 285 g/mol. The molecule has 0 aliphatic carbocycles. The number of hydrogen-bond donors (Lipinski definition) is 5. The predicted molar refractivity (Wildman–Crippen MR) is 63.4 cm³/mol. The van der Waals surface area contributed by atoms with E-state index in [1.54, 1.807) is 0 Å². The maximum Gasteiger partial charge on any atom is 0.326 e. The highest BCUT2D eigenvalue weighted by molar-refractivity contribution is 5.94. The minimum atomic E-state index is -1.44. The molecule has 0 radical (unpaired) electrons. The van der Waals surface area contributed by atoms with Crippen molar-refractivity contribution < 1.29 is 24.6 Å². The van der Waals surface area contributed by atoms with Crippen LogP contribution in [0.3, 0.4) is 0 Å². The summed E-state index contributed by atoms with van der Waals surface area (Å²) >= 11 is 0. The number of aromatic nitrogens is 2. The number of aromatic amines is 2. The van der Waals surface area contributed by atoms with Gasteiger partial charge < -0.3 is 20.5 Å². The van der Waals surface area contributed by atoms with Crippen LogP contribution in [0.15, 0.2) is 15.7 Å². The van der Waals surface area contributed by atoms with Gasteiger partial charge in [-0.25, -0.2) is 9.59 Å². The second-order valence-electron chi connectivity index (χ2n) is 3.80. The Balaban J connectivity index is 2.85. The minimum Gasteiger partial charge on any atom is -0.481 e. The van der Waals surface area contributed by atoms with Crippen molar-refractivity contribution in [1.82, 2.24) is 15.3 Å². The molecule has 0 aliphatic heterocycles. The molecule has 0 bridgehead atoms. The molecule has 1 aromatic rings. The smallest absolute Gasteiger partial charge is 0.326 e. The Morgan fingerprint density at radius 3 is 2.35 bits per heavy atom. The van der Waals surface area contributed by atoms with Crippen LogP contribution < -0.4 is 16.6 Å². The van der Waals surface area contributed by atoms with E-state index in [1.807, 2.05) is 15.3 Å². The van der Waals surface area contributed by atoms with Gasteiger partial charge in [0.05, 0.1) is 0 Å². The Bertz CT molecular complexity index is 616. The van der Waals surface area contributed by atoms with Crippen LogP contribution >= 0.6 is 0 Å². The van der Waals surface area contributed by atoms with Crippen molar-refractivity contribution in [2.75, 3.05) is 0 Å². The third kappa shape index (κ3) is 4.40.